The minimum Gasteiger partial charge on any atom is -0.477 e. The number of nitrogens with one attached hydrogen (secondary N) is 3. The van der Waals surface area contributed by atoms with Gasteiger partial charge in [-0.15, -0.1) is 0 Å². The molecule has 0 aromatic heterocycles. The number of aliphatic hydroxyl groups is 22. The van der Waals surface area contributed by atoms with Crippen LogP contribution in [0, 0.1) is 0 Å². The van der Waals surface area contributed by atoms with E-state index in [0.717, 1.165) is 20.8 Å². The van der Waals surface area contributed by atoms with E-state index in [2.05, 4.69) is 16.0 Å². The van der Waals surface area contributed by atoms with Crippen molar-refractivity contribution in [2.24, 2.45) is 0 Å². The maximum Gasteiger partial charge on any atom is 0.364 e. The monoisotopic (exact) mass is 1370 g/mol. The highest BCUT2D eigenvalue weighted by atomic mass is 16.8. The van der Waals surface area contributed by atoms with Gasteiger partial charge in [0, 0.05) is 27.2 Å². The van der Waals surface area contributed by atoms with Crippen LogP contribution >= 0.6 is 0 Å². The van der Waals surface area contributed by atoms with Gasteiger partial charge in [0.1, 0.15) is 165 Å². The van der Waals surface area contributed by atoms with Crippen LogP contribution in [-0.4, -0.2) is 408 Å². The van der Waals surface area contributed by atoms with E-state index < -0.39 is 297 Å². The lowest BCUT2D eigenvalue weighted by atomic mass is 9.88. The number of aliphatic carboxylic acids is 1. The van der Waals surface area contributed by atoms with Crippen molar-refractivity contribution >= 4 is 23.7 Å². The smallest absolute Gasteiger partial charge is 0.364 e. The number of rotatable bonds is 29. The minimum absolute atomic E-state index is 0.863. The second kappa shape index (κ2) is 34.3. The number of hydrogen-bond acceptors (Lipinski definition) is 38. The zero-order valence-electron chi connectivity index (χ0n) is 49.8. The number of ether oxygens (including phenoxy) is 12. The number of hydrogen-bond donors (Lipinski definition) is 26. The second-order valence-electron chi connectivity index (χ2n) is 23.0. The Morgan fingerprint density at radius 2 is 0.903 bits per heavy atom. The molecule has 0 saturated carbocycles. The fraction of sp³-hybridized carbons (Fsp3) is 0.922. The maximum atomic E-state index is 13.3. The van der Waals surface area contributed by atoms with Gasteiger partial charge in [-0.25, -0.2) is 4.79 Å². The summed E-state index contributed by atoms with van der Waals surface area (Å²) >= 11 is 0. The van der Waals surface area contributed by atoms with E-state index in [1.54, 1.807) is 0 Å². The van der Waals surface area contributed by atoms with E-state index in [1.807, 2.05) is 0 Å². The van der Waals surface area contributed by atoms with Crippen LogP contribution in [0.5, 0.6) is 0 Å². The average molecular weight is 1370 g/mol. The van der Waals surface area contributed by atoms with Gasteiger partial charge in [0.15, 0.2) is 31.5 Å². The first kappa shape index (κ1) is 78.5. The van der Waals surface area contributed by atoms with Crippen molar-refractivity contribution in [1.82, 2.24) is 16.0 Å². The first-order chi connectivity index (χ1) is 43.7. The lowest BCUT2D eigenvalue weighted by Crippen LogP contribution is -2.70. The lowest BCUT2D eigenvalue weighted by molar-refractivity contribution is -0.378. The van der Waals surface area contributed by atoms with E-state index >= 15 is 0 Å². The third-order valence-electron chi connectivity index (χ3n) is 16.3. The molecule has 6 fully saturated rings. The van der Waals surface area contributed by atoms with Crippen molar-refractivity contribution in [2.75, 3.05) is 52.9 Å². The predicted molar refractivity (Wildman–Crippen MR) is 286 cm³/mol. The summed E-state index contributed by atoms with van der Waals surface area (Å²) in [5.74, 6) is -8.06. The summed E-state index contributed by atoms with van der Waals surface area (Å²) in [5.41, 5.74) is 0. The van der Waals surface area contributed by atoms with Crippen LogP contribution in [0.4, 0.5) is 0 Å². The molecule has 6 heterocycles. The molecule has 0 bridgehead atoms. The van der Waals surface area contributed by atoms with Crippen LogP contribution in [-0.2, 0) is 76.0 Å². The van der Waals surface area contributed by atoms with Gasteiger partial charge in [-0.3, -0.25) is 14.4 Å². The van der Waals surface area contributed by atoms with Gasteiger partial charge in [0.25, 0.3) is 5.79 Å². The zero-order valence-corrected chi connectivity index (χ0v) is 49.8. The van der Waals surface area contributed by atoms with E-state index in [9.17, 15) is 137 Å². The molecule has 6 aliphatic heterocycles. The molecule has 0 radical (unpaired) electrons. The fourth-order valence-corrected chi connectivity index (χ4v) is 11.3. The van der Waals surface area contributed by atoms with E-state index in [-0.39, 0.29) is 0 Å². The van der Waals surface area contributed by atoms with Crippen molar-refractivity contribution in [3.63, 3.8) is 0 Å². The summed E-state index contributed by atoms with van der Waals surface area (Å²) in [6.07, 6.45) is -67.0. The molecular formula is C51H87N3O39. The summed E-state index contributed by atoms with van der Waals surface area (Å²) in [7, 11) is 0. The van der Waals surface area contributed by atoms with Crippen LogP contribution in [0.25, 0.3) is 0 Å². The minimum atomic E-state index is -3.18. The molecular weight excluding hydrogens is 1280 g/mol. The molecule has 6 saturated heterocycles. The molecule has 35 atom stereocenters. The molecule has 0 spiro atoms. The Labute approximate surface area is 526 Å². The summed E-state index contributed by atoms with van der Waals surface area (Å²) in [4.78, 5) is 51.2. The number of carboxylic acid groups (broad SMARTS) is 1. The molecule has 42 heteroatoms. The molecule has 3 amide bonds. The molecule has 0 aromatic carbocycles. The molecule has 6 rings (SSSR count). The quantitative estimate of drug-likeness (QED) is 0.0331. The molecule has 93 heavy (non-hydrogen) atoms. The van der Waals surface area contributed by atoms with Crippen molar-refractivity contribution in [2.45, 2.75) is 241 Å². The van der Waals surface area contributed by atoms with Crippen LogP contribution in [0.3, 0.4) is 0 Å². The number of aliphatic hydroxyl groups excluding tert-OH is 22. The third kappa shape index (κ3) is 18.1. The SMILES string of the molecule is CC(=O)N[C@H]1[C@H](OC[C@H]2O[C@@H](O[C@@H]([C@H](O)[C@@H](O)CO)[C@H](O)CO)[C@H](O)[C@@H](O[C@@H]3O[C@H](CO)[C@@H](O[C@@H]4O[C@H](CO)[C@H](O)[C@H](O)[C@H]4O)[C@H](O)[C@H]3NC(C)=O)[C@H]2O)O[C@H](CO[C@]2(C(=O)O)C[C@H](O)[C@@H](NC(C)=O)[C@H]([C@H](O)[C@H](O)CO)O2)[C@@H](O[C@@H]2O[C@H](CO)[C@H](O)[C@H](O)[C@H]2O)[C@@H]1O. The van der Waals surface area contributed by atoms with Crippen LogP contribution in [0.15, 0.2) is 0 Å². The molecule has 0 aliphatic carbocycles. The fourth-order valence-electron chi connectivity index (χ4n) is 11.3. The van der Waals surface area contributed by atoms with Crippen LogP contribution < -0.4 is 16.0 Å². The standard InChI is InChI=1S/C51H87N3O39/c1-13(61)52-25-16(64)4-51(50(80)81,93-43(25)29(69)18(66)6-56)83-12-24-42(91-48-38(78)36(76)31(71)21(9-59)85-48)33(73)26(53-14(2)62)45(88-24)82-11-23-32(72)44(39(79)49(87-23)89-40(19(67)7-57)28(68)17(65)5-55)92-46-27(54-15(3)63)34(74)41(22(10-60)86-46)90-47-37(77)35(75)30(70)20(8-58)84-47/h16-49,55-60,64-79H,4-12H2,1-3H3,(H,52,61)(H,53,62)(H,54,63)(H,80,81)/t16-,17-,18+,19+,20+,21+,22+,23+,24+,25+,26+,27+,28+,29+,30-,31-,32-,33+,34+,35-,36-,37+,38+,39+,40+,41+,42+,43+,44-,45+,46-,47-,48-,49-,51+/m0/s1. The van der Waals surface area contributed by atoms with Crippen molar-refractivity contribution in [3.05, 3.63) is 0 Å². The molecule has 6 aliphatic rings. The van der Waals surface area contributed by atoms with Gasteiger partial charge in [-0.2, -0.15) is 0 Å². The molecule has 26 N–H and O–H groups in total. The number of carbonyl (C=O) groups is 4. The van der Waals surface area contributed by atoms with Gasteiger partial charge in [0.2, 0.25) is 17.7 Å². The van der Waals surface area contributed by atoms with Gasteiger partial charge < -0.3 is 190 Å². The average Bonchev–Trinajstić information content (AvgIpc) is 0.794. The summed E-state index contributed by atoms with van der Waals surface area (Å²) in [5, 5.41) is 254. The Morgan fingerprint density at radius 3 is 1.38 bits per heavy atom. The zero-order chi connectivity index (χ0) is 69.4. The Hall–Kier alpha value is -3.48. The normalized spacial score (nSPS) is 43.6. The van der Waals surface area contributed by atoms with Gasteiger partial charge in [0.05, 0.1) is 65.0 Å². The number of carboxylic acids is 1. The van der Waals surface area contributed by atoms with E-state index in [4.69, 9.17) is 56.8 Å². The van der Waals surface area contributed by atoms with Gasteiger partial charge in [-0.05, 0) is 0 Å². The molecule has 42 nitrogen and oxygen atoms in total. The Balaban J connectivity index is 1.39. The summed E-state index contributed by atoms with van der Waals surface area (Å²) in [6.45, 7) is -6.42. The predicted octanol–water partition coefficient (Wildman–Crippen LogP) is -17.0. The molecule has 0 aromatic rings. The first-order valence-corrected chi connectivity index (χ1v) is 29.2. The third-order valence-corrected chi connectivity index (χ3v) is 16.3. The molecule has 540 valence electrons. The second-order valence-corrected chi connectivity index (χ2v) is 23.0. The van der Waals surface area contributed by atoms with Crippen molar-refractivity contribution < 1.29 is 193 Å². The highest BCUT2D eigenvalue weighted by molar-refractivity contribution is 5.77. The lowest BCUT2D eigenvalue weighted by Gasteiger charge is -2.50. The van der Waals surface area contributed by atoms with Crippen LogP contribution in [0.2, 0.25) is 0 Å². The molecule has 0 unspecified atom stereocenters. The van der Waals surface area contributed by atoms with Crippen LogP contribution in [0.1, 0.15) is 27.2 Å². The maximum absolute atomic E-state index is 13.3. The topological polar surface area (TPSA) is 680 Å². The number of amides is 3. The highest BCUT2D eigenvalue weighted by Gasteiger charge is 2.60. The summed E-state index contributed by atoms with van der Waals surface area (Å²) < 4.78 is 69.8. The van der Waals surface area contributed by atoms with Gasteiger partial charge >= 0.3 is 5.97 Å². The first-order valence-electron chi connectivity index (χ1n) is 29.2. The Morgan fingerprint density at radius 1 is 0.462 bits per heavy atom. The Kier molecular flexibility index (Phi) is 29.0. The van der Waals surface area contributed by atoms with Crippen molar-refractivity contribution in [3.8, 4) is 0 Å². The van der Waals surface area contributed by atoms with Gasteiger partial charge in [-0.1, -0.05) is 0 Å². The highest BCUT2D eigenvalue weighted by Crippen LogP contribution is 2.39. The summed E-state index contributed by atoms with van der Waals surface area (Å²) in [6, 6.07) is -5.63. The largest absolute Gasteiger partial charge is 0.477 e. The van der Waals surface area contributed by atoms with E-state index in [1.165, 1.54) is 0 Å². The Bertz CT molecular complexity index is 2360. The number of carbonyl (C=O) groups excluding carboxylic acids is 3. The van der Waals surface area contributed by atoms with E-state index in [0.29, 0.717) is 0 Å². The van der Waals surface area contributed by atoms with Crippen molar-refractivity contribution in [1.29, 1.82) is 0 Å².